The number of anilines is 2. The fourth-order valence-corrected chi connectivity index (χ4v) is 6.84. The number of nitrogens with zero attached hydrogens (tertiary/aromatic N) is 3. The number of rotatable bonds is 17. The van der Waals surface area contributed by atoms with Crippen molar-refractivity contribution in [3.8, 4) is 5.75 Å². The first-order valence-corrected chi connectivity index (χ1v) is 20.1. The van der Waals surface area contributed by atoms with Crippen molar-refractivity contribution in [3.05, 3.63) is 125 Å². The van der Waals surface area contributed by atoms with Crippen molar-refractivity contribution in [3.63, 3.8) is 0 Å². The largest absolute Gasteiger partial charge is 0.497 e. The highest BCUT2D eigenvalue weighted by molar-refractivity contribution is 7.92. The quantitative estimate of drug-likeness (QED) is 0.0640. The number of nitrogens with one attached hydrogen (secondary N) is 1. The molecule has 0 saturated carbocycles. The van der Waals surface area contributed by atoms with Gasteiger partial charge in [-0.25, -0.2) is 26.3 Å². The van der Waals surface area contributed by atoms with E-state index in [1.54, 1.807) is 88.4 Å². The zero-order valence-corrected chi connectivity index (χ0v) is 34.0. The van der Waals surface area contributed by atoms with Crippen molar-refractivity contribution in [1.29, 1.82) is 0 Å². The molecule has 0 heterocycles. The number of sulfonamides is 1. The molecule has 2 amide bonds. The van der Waals surface area contributed by atoms with Gasteiger partial charge < -0.3 is 29.6 Å². The van der Waals surface area contributed by atoms with E-state index < -0.39 is 51.4 Å². The zero-order chi connectivity index (χ0) is 41.9. The first kappa shape index (κ1) is 44.2. The maximum absolute atomic E-state index is 14.4. The lowest BCUT2D eigenvalue weighted by molar-refractivity contribution is 0.00836. The number of halogens is 2. The van der Waals surface area contributed by atoms with Crippen molar-refractivity contribution in [2.24, 2.45) is 5.16 Å². The summed E-state index contributed by atoms with van der Waals surface area (Å²) in [5.41, 5.74) is 0.960. The van der Waals surface area contributed by atoms with Crippen LogP contribution < -0.4 is 14.4 Å². The third-order valence-corrected chi connectivity index (χ3v) is 9.46. The Balaban J connectivity index is 1.79. The van der Waals surface area contributed by atoms with Crippen LogP contribution in [0.1, 0.15) is 68.1 Å². The molecule has 0 spiro atoms. The summed E-state index contributed by atoms with van der Waals surface area (Å²) in [6, 6.07) is 21.3. The SMILES string of the molecule is CCCON=C(C)c1cc(C(=O)N[C@@H](Cc2cc(F)cc(F)c2)[C@H](O)CN(Cc2cccc(OC)c2)C(=O)OC(C)(C)C)cc(N(c2ccccc2)S(C)(=O)=O)c1. The Hall–Kier alpha value is -5.54. The van der Waals surface area contributed by atoms with Gasteiger partial charge in [-0.1, -0.05) is 42.4 Å². The molecule has 0 aliphatic rings. The molecule has 15 heteroatoms. The van der Waals surface area contributed by atoms with E-state index in [1.807, 2.05) is 6.92 Å². The van der Waals surface area contributed by atoms with E-state index in [4.69, 9.17) is 14.3 Å². The number of aliphatic hydroxyl groups excluding tert-OH is 1. The molecule has 0 bridgehead atoms. The molecule has 306 valence electrons. The van der Waals surface area contributed by atoms with Crippen LogP contribution in [0.15, 0.2) is 96.2 Å². The van der Waals surface area contributed by atoms with Gasteiger partial charge in [-0.3, -0.25) is 4.79 Å². The summed E-state index contributed by atoms with van der Waals surface area (Å²) >= 11 is 0. The van der Waals surface area contributed by atoms with Crippen LogP contribution in [0.2, 0.25) is 0 Å². The van der Waals surface area contributed by atoms with Crippen molar-refractivity contribution >= 4 is 39.1 Å². The van der Waals surface area contributed by atoms with E-state index in [1.165, 1.54) is 24.1 Å². The molecule has 2 atom stereocenters. The fraction of sp³-hybridized carbons (Fsp3) is 0.357. The number of para-hydroxylation sites is 1. The molecule has 0 radical (unpaired) electrons. The molecule has 4 aromatic carbocycles. The second-order valence-corrected chi connectivity index (χ2v) is 16.3. The number of hydrogen-bond acceptors (Lipinski definition) is 9. The first-order valence-electron chi connectivity index (χ1n) is 18.3. The second kappa shape index (κ2) is 19.6. The van der Waals surface area contributed by atoms with Gasteiger partial charge in [0.05, 0.1) is 49.1 Å². The van der Waals surface area contributed by atoms with Gasteiger partial charge in [0, 0.05) is 23.7 Å². The van der Waals surface area contributed by atoms with Gasteiger partial charge in [0.25, 0.3) is 5.91 Å². The fourth-order valence-electron chi connectivity index (χ4n) is 5.84. The van der Waals surface area contributed by atoms with Crippen LogP contribution >= 0.6 is 0 Å². The molecule has 0 fully saturated rings. The summed E-state index contributed by atoms with van der Waals surface area (Å²) < 4.78 is 67.5. The average Bonchev–Trinajstić information content (AvgIpc) is 3.13. The molecular formula is C42H50F2N4O8S. The Morgan fingerprint density at radius 3 is 2.18 bits per heavy atom. The molecule has 0 aliphatic heterocycles. The van der Waals surface area contributed by atoms with Gasteiger partial charge in [-0.2, -0.15) is 0 Å². The molecule has 0 aromatic heterocycles. The van der Waals surface area contributed by atoms with Crippen LogP contribution in [-0.2, 0) is 32.6 Å². The number of amides is 2. The number of hydrogen-bond donors (Lipinski definition) is 2. The number of carbonyl (C=O) groups excluding carboxylic acids is 2. The van der Waals surface area contributed by atoms with Crippen molar-refractivity contribution < 1.29 is 46.2 Å². The predicted octanol–water partition coefficient (Wildman–Crippen LogP) is 7.36. The topological polar surface area (TPSA) is 147 Å². The summed E-state index contributed by atoms with van der Waals surface area (Å²) in [7, 11) is -2.46. The Morgan fingerprint density at radius 2 is 1.56 bits per heavy atom. The lowest BCUT2D eigenvalue weighted by Gasteiger charge is -2.32. The van der Waals surface area contributed by atoms with Crippen molar-refractivity contribution in [2.75, 3.05) is 30.8 Å². The third kappa shape index (κ3) is 13.3. The highest BCUT2D eigenvalue weighted by atomic mass is 32.2. The van der Waals surface area contributed by atoms with E-state index in [0.29, 0.717) is 47.4 Å². The van der Waals surface area contributed by atoms with Crippen molar-refractivity contribution in [1.82, 2.24) is 10.2 Å². The van der Waals surface area contributed by atoms with Gasteiger partial charge in [0.15, 0.2) is 0 Å². The summed E-state index contributed by atoms with van der Waals surface area (Å²) in [6.45, 7) is 8.55. The molecular weight excluding hydrogens is 759 g/mol. The molecule has 0 unspecified atom stereocenters. The van der Waals surface area contributed by atoms with Gasteiger partial charge in [0.2, 0.25) is 10.0 Å². The minimum Gasteiger partial charge on any atom is -0.497 e. The monoisotopic (exact) mass is 808 g/mol. The number of carbonyl (C=O) groups is 2. The lowest BCUT2D eigenvalue weighted by Crippen LogP contribution is -2.51. The van der Waals surface area contributed by atoms with E-state index >= 15 is 0 Å². The van der Waals surface area contributed by atoms with E-state index in [2.05, 4.69) is 10.5 Å². The minimum absolute atomic E-state index is 0.0244. The molecule has 4 rings (SSSR count). The number of benzene rings is 4. The predicted molar refractivity (Wildman–Crippen MR) is 215 cm³/mol. The zero-order valence-electron chi connectivity index (χ0n) is 33.2. The summed E-state index contributed by atoms with van der Waals surface area (Å²) in [6.07, 6.45) is -0.830. The standard InChI is InChI=1S/C42H50F2N4O8S/c1-8-17-55-46-28(2)31-22-32(24-36(23-31)48(57(7,52)53)35-14-10-9-11-15-35)40(50)45-38(21-30-18-33(43)25-34(44)19-30)39(49)27-47(41(51)56-42(3,4)5)26-29-13-12-16-37(20-29)54-6/h9-16,18-20,22-25,38-39,49H,8,17,21,26-27H2,1-7H3,(H,45,50)/t38-,39+/m0/s1. The highest BCUT2D eigenvalue weighted by Gasteiger charge is 2.31. The number of ether oxygens (including phenoxy) is 2. The van der Waals surface area contributed by atoms with Crippen LogP contribution in [0.3, 0.4) is 0 Å². The highest BCUT2D eigenvalue weighted by Crippen LogP contribution is 2.31. The van der Waals surface area contributed by atoms with Crippen molar-refractivity contribution in [2.45, 2.75) is 71.8 Å². The Morgan fingerprint density at radius 1 is 0.895 bits per heavy atom. The van der Waals surface area contributed by atoms with Crippen LogP contribution in [0.25, 0.3) is 0 Å². The maximum atomic E-state index is 14.4. The van der Waals surface area contributed by atoms with Gasteiger partial charge >= 0.3 is 6.09 Å². The second-order valence-electron chi connectivity index (χ2n) is 14.5. The molecule has 0 aliphatic carbocycles. The summed E-state index contributed by atoms with van der Waals surface area (Å²) in [5, 5.41) is 18.8. The van der Waals surface area contributed by atoms with E-state index in [0.717, 1.165) is 22.7 Å². The van der Waals surface area contributed by atoms with Gasteiger partial charge in [-0.05, 0) is 106 Å². The van der Waals surface area contributed by atoms with Crippen LogP contribution in [0.5, 0.6) is 5.75 Å². The van der Waals surface area contributed by atoms with Gasteiger partial charge in [-0.15, -0.1) is 0 Å². The molecule has 12 nitrogen and oxygen atoms in total. The summed E-state index contributed by atoms with van der Waals surface area (Å²) in [4.78, 5) is 34.5. The Labute approximate surface area is 333 Å². The third-order valence-electron chi connectivity index (χ3n) is 8.38. The van der Waals surface area contributed by atoms with Crippen LogP contribution in [0.4, 0.5) is 25.0 Å². The van der Waals surface area contributed by atoms with Crippen LogP contribution in [0, 0.1) is 11.6 Å². The molecule has 0 saturated heterocycles. The minimum atomic E-state index is -3.97. The number of oxime groups is 1. The number of aliphatic hydroxyl groups is 1. The van der Waals surface area contributed by atoms with Crippen LogP contribution in [-0.4, -0.2) is 80.4 Å². The average molecular weight is 809 g/mol. The van der Waals surface area contributed by atoms with E-state index in [9.17, 15) is 31.9 Å². The smallest absolute Gasteiger partial charge is 0.410 e. The normalized spacial score (nSPS) is 13.0. The van der Waals surface area contributed by atoms with Gasteiger partial charge in [0.1, 0.15) is 29.6 Å². The lowest BCUT2D eigenvalue weighted by atomic mass is 9.99. The Bertz CT molecular complexity index is 2130. The first-order chi connectivity index (χ1) is 26.9. The maximum Gasteiger partial charge on any atom is 0.410 e. The Kier molecular flexibility index (Phi) is 15.2. The van der Waals surface area contributed by atoms with E-state index in [-0.39, 0.29) is 36.3 Å². The molecule has 57 heavy (non-hydrogen) atoms. The summed E-state index contributed by atoms with van der Waals surface area (Å²) in [5.74, 6) is -1.95. The number of methoxy groups -OCH3 is 1. The molecule has 4 aromatic rings. The molecule has 2 N–H and O–H groups in total.